The van der Waals surface area contributed by atoms with Crippen LogP contribution in [0.2, 0.25) is 0 Å². The van der Waals surface area contributed by atoms with Crippen LogP contribution in [0.4, 0.5) is 0 Å². The summed E-state index contributed by atoms with van der Waals surface area (Å²) >= 11 is 0. The minimum Gasteiger partial charge on any atom is -0.494 e. The first kappa shape index (κ1) is 13.0. The molecule has 1 aromatic rings. The lowest BCUT2D eigenvalue weighted by atomic mass is 9.86. The predicted octanol–water partition coefficient (Wildman–Crippen LogP) is 3.38. The summed E-state index contributed by atoms with van der Waals surface area (Å²) in [6.45, 7) is 9.27. The second kappa shape index (κ2) is 5.90. The molecular weight excluding hydrogens is 198 g/mol. The molecule has 16 heavy (non-hydrogen) atoms. The lowest BCUT2D eigenvalue weighted by molar-refractivity contribution is 0.313. The van der Waals surface area contributed by atoms with E-state index in [0.717, 1.165) is 11.3 Å². The molecule has 0 aliphatic carbocycles. The summed E-state index contributed by atoms with van der Waals surface area (Å²) in [7, 11) is 0. The third kappa shape index (κ3) is 2.99. The molecule has 0 bridgehead atoms. The Balaban J connectivity index is 2.93. The van der Waals surface area contributed by atoms with Crippen molar-refractivity contribution in [2.24, 2.45) is 17.6 Å². The van der Waals surface area contributed by atoms with Crippen LogP contribution in [0.3, 0.4) is 0 Å². The molecular formula is C14H23NO. The van der Waals surface area contributed by atoms with E-state index in [1.807, 2.05) is 25.1 Å². The Kier molecular flexibility index (Phi) is 4.81. The number of hydrogen-bond donors (Lipinski definition) is 1. The lowest BCUT2D eigenvalue weighted by Gasteiger charge is -2.25. The highest BCUT2D eigenvalue weighted by Crippen LogP contribution is 2.31. The second-order valence-electron chi connectivity index (χ2n) is 4.60. The molecule has 0 amide bonds. The van der Waals surface area contributed by atoms with E-state index in [9.17, 15) is 0 Å². The average molecular weight is 221 g/mol. The van der Waals surface area contributed by atoms with Gasteiger partial charge in [0.1, 0.15) is 5.75 Å². The summed E-state index contributed by atoms with van der Waals surface area (Å²) in [6, 6.07) is 8.11. The molecule has 0 fully saturated rings. The zero-order valence-electron chi connectivity index (χ0n) is 10.7. The number of hydrogen-bond acceptors (Lipinski definition) is 2. The van der Waals surface area contributed by atoms with Crippen LogP contribution in [0.15, 0.2) is 24.3 Å². The molecule has 90 valence electrons. The van der Waals surface area contributed by atoms with E-state index in [1.165, 1.54) is 0 Å². The molecule has 2 unspecified atom stereocenters. The average Bonchev–Trinajstić information content (AvgIpc) is 2.28. The van der Waals surface area contributed by atoms with Crippen molar-refractivity contribution in [2.45, 2.75) is 33.7 Å². The molecule has 2 atom stereocenters. The van der Waals surface area contributed by atoms with Gasteiger partial charge >= 0.3 is 0 Å². The molecule has 2 nitrogen and oxygen atoms in total. The highest BCUT2D eigenvalue weighted by Gasteiger charge is 2.20. The quantitative estimate of drug-likeness (QED) is 0.827. The first-order valence-electron chi connectivity index (χ1n) is 6.05. The van der Waals surface area contributed by atoms with Gasteiger partial charge in [-0.05, 0) is 24.8 Å². The van der Waals surface area contributed by atoms with Crippen molar-refractivity contribution in [1.29, 1.82) is 0 Å². The Hall–Kier alpha value is -1.02. The van der Waals surface area contributed by atoms with Gasteiger partial charge in [-0.3, -0.25) is 0 Å². The van der Waals surface area contributed by atoms with Gasteiger partial charge in [-0.25, -0.2) is 0 Å². The van der Waals surface area contributed by atoms with E-state index in [-0.39, 0.29) is 6.04 Å². The highest BCUT2D eigenvalue weighted by atomic mass is 16.5. The van der Waals surface area contributed by atoms with E-state index in [2.05, 4.69) is 26.8 Å². The van der Waals surface area contributed by atoms with Gasteiger partial charge in [-0.15, -0.1) is 0 Å². The van der Waals surface area contributed by atoms with Crippen molar-refractivity contribution in [2.75, 3.05) is 6.61 Å². The zero-order chi connectivity index (χ0) is 12.1. The number of benzene rings is 1. The summed E-state index contributed by atoms with van der Waals surface area (Å²) in [5.41, 5.74) is 7.41. The van der Waals surface area contributed by atoms with Crippen molar-refractivity contribution in [3.05, 3.63) is 29.8 Å². The maximum Gasteiger partial charge on any atom is 0.124 e. The number of rotatable bonds is 5. The van der Waals surface area contributed by atoms with Crippen LogP contribution in [0.25, 0.3) is 0 Å². The van der Waals surface area contributed by atoms with E-state index < -0.39 is 0 Å². The van der Waals surface area contributed by atoms with Gasteiger partial charge in [0, 0.05) is 11.6 Å². The number of ether oxygens (including phenoxy) is 1. The molecule has 1 aromatic carbocycles. The summed E-state index contributed by atoms with van der Waals surface area (Å²) in [5.74, 6) is 1.94. The van der Waals surface area contributed by atoms with Crippen LogP contribution >= 0.6 is 0 Å². The monoisotopic (exact) mass is 221 g/mol. The second-order valence-corrected chi connectivity index (χ2v) is 4.60. The normalized spacial score (nSPS) is 14.9. The predicted molar refractivity (Wildman–Crippen MR) is 68.5 cm³/mol. The molecule has 2 N–H and O–H groups in total. The van der Waals surface area contributed by atoms with Gasteiger partial charge in [0.25, 0.3) is 0 Å². The highest BCUT2D eigenvalue weighted by molar-refractivity contribution is 5.36. The minimum atomic E-state index is 0.0442. The smallest absolute Gasteiger partial charge is 0.124 e. The molecule has 0 spiro atoms. The summed E-state index contributed by atoms with van der Waals surface area (Å²) in [5, 5.41) is 0. The number of nitrogens with two attached hydrogens (primary N) is 1. The SMILES string of the molecule is CCOc1ccccc1C(N)C(C)C(C)C. The van der Waals surface area contributed by atoms with E-state index >= 15 is 0 Å². The van der Waals surface area contributed by atoms with Gasteiger partial charge in [0.15, 0.2) is 0 Å². The molecule has 0 heterocycles. The zero-order valence-corrected chi connectivity index (χ0v) is 10.7. The van der Waals surface area contributed by atoms with Gasteiger partial charge in [0.2, 0.25) is 0 Å². The van der Waals surface area contributed by atoms with Crippen molar-refractivity contribution in [3.63, 3.8) is 0 Å². The van der Waals surface area contributed by atoms with Crippen molar-refractivity contribution in [1.82, 2.24) is 0 Å². The molecule has 0 aromatic heterocycles. The van der Waals surface area contributed by atoms with Gasteiger partial charge in [-0.2, -0.15) is 0 Å². The third-order valence-corrected chi connectivity index (χ3v) is 3.20. The van der Waals surface area contributed by atoms with Crippen LogP contribution in [0, 0.1) is 11.8 Å². The third-order valence-electron chi connectivity index (χ3n) is 3.20. The van der Waals surface area contributed by atoms with Crippen LogP contribution in [-0.4, -0.2) is 6.61 Å². The molecule has 2 heteroatoms. The summed E-state index contributed by atoms with van der Waals surface area (Å²) in [4.78, 5) is 0. The summed E-state index contributed by atoms with van der Waals surface area (Å²) in [6.07, 6.45) is 0. The standard InChI is InChI=1S/C14H23NO/c1-5-16-13-9-7-6-8-12(13)14(15)11(4)10(2)3/h6-11,14H,5,15H2,1-4H3. The number of para-hydroxylation sites is 1. The molecule has 0 aliphatic heterocycles. The van der Waals surface area contributed by atoms with Crippen LogP contribution in [-0.2, 0) is 0 Å². The van der Waals surface area contributed by atoms with E-state index in [1.54, 1.807) is 0 Å². The molecule has 1 rings (SSSR count). The maximum absolute atomic E-state index is 6.29. The maximum atomic E-state index is 6.29. The topological polar surface area (TPSA) is 35.2 Å². The molecule has 0 radical (unpaired) electrons. The minimum absolute atomic E-state index is 0.0442. The van der Waals surface area contributed by atoms with E-state index in [4.69, 9.17) is 10.5 Å². The molecule has 0 saturated carbocycles. The molecule has 0 saturated heterocycles. The van der Waals surface area contributed by atoms with E-state index in [0.29, 0.717) is 18.4 Å². The van der Waals surface area contributed by atoms with Gasteiger partial charge in [-0.1, -0.05) is 39.0 Å². The van der Waals surface area contributed by atoms with Gasteiger partial charge < -0.3 is 10.5 Å². The van der Waals surface area contributed by atoms with Crippen molar-refractivity contribution < 1.29 is 4.74 Å². The van der Waals surface area contributed by atoms with Crippen molar-refractivity contribution >= 4 is 0 Å². The fourth-order valence-electron chi connectivity index (χ4n) is 1.74. The summed E-state index contributed by atoms with van der Waals surface area (Å²) < 4.78 is 5.61. The fraction of sp³-hybridized carbons (Fsp3) is 0.571. The van der Waals surface area contributed by atoms with Crippen LogP contribution in [0.5, 0.6) is 5.75 Å². The Labute approximate surface area is 98.8 Å². The Morgan fingerprint density at radius 1 is 1.19 bits per heavy atom. The first-order valence-corrected chi connectivity index (χ1v) is 6.05. The van der Waals surface area contributed by atoms with Crippen molar-refractivity contribution in [3.8, 4) is 5.75 Å². The largest absolute Gasteiger partial charge is 0.494 e. The van der Waals surface area contributed by atoms with Crippen LogP contribution in [0.1, 0.15) is 39.3 Å². The Morgan fingerprint density at radius 2 is 1.81 bits per heavy atom. The fourth-order valence-corrected chi connectivity index (χ4v) is 1.74. The van der Waals surface area contributed by atoms with Crippen LogP contribution < -0.4 is 10.5 Å². The Morgan fingerprint density at radius 3 is 2.38 bits per heavy atom. The first-order chi connectivity index (χ1) is 7.57. The lowest BCUT2D eigenvalue weighted by Crippen LogP contribution is -2.23. The molecule has 0 aliphatic rings. The van der Waals surface area contributed by atoms with Gasteiger partial charge in [0.05, 0.1) is 6.61 Å². The Bertz CT molecular complexity index is 322.